The van der Waals surface area contributed by atoms with Crippen molar-refractivity contribution in [3.8, 4) is 10.6 Å². The zero-order chi connectivity index (χ0) is 9.97. The molecule has 0 fully saturated rings. The summed E-state index contributed by atoms with van der Waals surface area (Å²) in [5.41, 5.74) is 6.60. The van der Waals surface area contributed by atoms with Crippen molar-refractivity contribution >= 4 is 47.5 Å². The molecular formula is C10H14Cl2N2S2. The van der Waals surface area contributed by atoms with E-state index in [9.17, 15) is 0 Å². The Balaban J connectivity index is 0.00000112. The van der Waals surface area contributed by atoms with E-state index in [4.69, 9.17) is 5.73 Å². The molecule has 0 saturated heterocycles. The van der Waals surface area contributed by atoms with Gasteiger partial charge in [-0.3, -0.25) is 0 Å². The lowest BCUT2D eigenvalue weighted by molar-refractivity contribution is 0.989. The Hall–Kier alpha value is -0.130. The van der Waals surface area contributed by atoms with Crippen molar-refractivity contribution < 1.29 is 0 Å². The Morgan fingerprint density at radius 2 is 2.06 bits per heavy atom. The Morgan fingerprint density at radius 1 is 1.31 bits per heavy atom. The number of thiophene rings is 1. The number of rotatable bonds is 3. The van der Waals surface area contributed by atoms with Gasteiger partial charge in [0.2, 0.25) is 0 Å². The average Bonchev–Trinajstić information content (AvgIpc) is 2.74. The molecule has 0 aromatic carbocycles. The van der Waals surface area contributed by atoms with E-state index in [2.05, 4.69) is 22.5 Å². The minimum Gasteiger partial charge on any atom is -0.330 e. The van der Waals surface area contributed by atoms with Crippen LogP contribution >= 0.6 is 47.5 Å². The van der Waals surface area contributed by atoms with E-state index >= 15 is 0 Å². The number of aryl methyl sites for hydroxylation is 1. The van der Waals surface area contributed by atoms with Gasteiger partial charge in [-0.2, -0.15) is 0 Å². The van der Waals surface area contributed by atoms with Gasteiger partial charge >= 0.3 is 0 Å². The minimum absolute atomic E-state index is 0. The van der Waals surface area contributed by atoms with Crippen LogP contribution in [0.25, 0.3) is 10.6 Å². The summed E-state index contributed by atoms with van der Waals surface area (Å²) in [6.45, 7) is 2.75. The van der Waals surface area contributed by atoms with Crippen molar-refractivity contribution in [1.82, 2.24) is 4.98 Å². The fourth-order valence-electron chi connectivity index (χ4n) is 1.27. The van der Waals surface area contributed by atoms with Gasteiger partial charge in [-0.15, -0.1) is 47.5 Å². The zero-order valence-electron chi connectivity index (χ0n) is 8.80. The molecule has 2 aromatic heterocycles. The predicted octanol–water partition coefficient (Wildman–Crippen LogP) is 3.52. The van der Waals surface area contributed by atoms with Gasteiger partial charge in [0, 0.05) is 10.3 Å². The molecule has 0 amide bonds. The van der Waals surface area contributed by atoms with Crippen LogP contribution in [0.1, 0.15) is 9.88 Å². The lowest BCUT2D eigenvalue weighted by Gasteiger charge is -1.90. The second-order valence-electron chi connectivity index (χ2n) is 3.06. The van der Waals surface area contributed by atoms with Crippen LogP contribution in [0.4, 0.5) is 0 Å². The number of thiazole rings is 1. The lowest BCUT2D eigenvalue weighted by Crippen LogP contribution is -2.00. The Morgan fingerprint density at radius 3 is 2.62 bits per heavy atom. The van der Waals surface area contributed by atoms with Crippen LogP contribution < -0.4 is 5.73 Å². The molecule has 0 bridgehead atoms. The highest BCUT2D eigenvalue weighted by Gasteiger charge is 2.05. The second kappa shape index (κ2) is 7.25. The molecule has 2 N–H and O–H groups in total. The number of aromatic nitrogens is 1. The molecule has 2 aromatic rings. The average molecular weight is 297 g/mol. The maximum atomic E-state index is 5.51. The molecule has 0 aliphatic carbocycles. The molecule has 0 unspecified atom stereocenters. The summed E-state index contributed by atoms with van der Waals surface area (Å²) in [5.74, 6) is 0. The van der Waals surface area contributed by atoms with E-state index in [-0.39, 0.29) is 24.8 Å². The van der Waals surface area contributed by atoms with Gasteiger partial charge in [0.15, 0.2) is 0 Å². The minimum atomic E-state index is 0. The largest absolute Gasteiger partial charge is 0.330 e. The van der Waals surface area contributed by atoms with Crippen molar-refractivity contribution in [2.45, 2.75) is 13.3 Å². The fraction of sp³-hybridized carbons (Fsp3) is 0.300. The first-order valence-corrected chi connectivity index (χ1v) is 6.20. The zero-order valence-corrected chi connectivity index (χ0v) is 12.1. The van der Waals surface area contributed by atoms with Crippen LogP contribution in [0.15, 0.2) is 17.5 Å². The molecule has 16 heavy (non-hydrogen) atoms. The van der Waals surface area contributed by atoms with E-state index in [0.29, 0.717) is 0 Å². The monoisotopic (exact) mass is 296 g/mol. The summed E-state index contributed by atoms with van der Waals surface area (Å²) in [5, 5.41) is 3.22. The fourth-order valence-corrected chi connectivity index (χ4v) is 2.94. The smallest absolute Gasteiger partial charge is 0.0914 e. The topological polar surface area (TPSA) is 38.9 Å². The quantitative estimate of drug-likeness (QED) is 0.941. The van der Waals surface area contributed by atoms with E-state index in [1.807, 2.05) is 6.92 Å². The molecule has 6 heteroatoms. The third kappa shape index (κ3) is 3.71. The molecule has 2 rings (SSSR count). The summed E-state index contributed by atoms with van der Waals surface area (Å²) in [7, 11) is 0. The number of nitrogens with two attached hydrogens (primary N) is 1. The van der Waals surface area contributed by atoms with Crippen LogP contribution in [-0.4, -0.2) is 11.5 Å². The highest BCUT2D eigenvalue weighted by Crippen LogP contribution is 2.28. The van der Waals surface area contributed by atoms with Crippen molar-refractivity contribution in [3.63, 3.8) is 0 Å². The van der Waals surface area contributed by atoms with E-state index in [1.54, 1.807) is 22.7 Å². The normalized spacial score (nSPS) is 9.38. The van der Waals surface area contributed by atoms with Gasteiger partial charge in [0.25, 0.3) is 0 Å². The summed E-state index contributed by atoms with van der Waals surface area (Å²) >= 11 is 3.48. The molecule has 0 aliphatic heterocycles. The Labute approximate surface area is 116 Å². The van der Waals surface area contributed by atoms with Crippen molar-refractivity contribution in [1.29, 1.82) is 0 Å². The molecule has 0 spiro atoms. The SMILES string of the molecule is Cc1nc(-c2ccc(CCN)s2)cs1.Cl.Cl. The highest BCUT2D eigenvalue weighted by atomic mass is 35.5. The Kier molecular flexibility index (Phi) is 7.19. The second-order valence-corrected chi connectivity index (χ2v) is 5.29. The molecular weight excluding hydrogens is 283 g/mol. The van der Waals surface area contributed by atoms with Crippen molar-refractivity contribution in [2.24, 2.45) is 5.73 Å². The van der Waals surface area contributed by atoms with Crippen LogP contribution in [-0.2, 0) is 6.42 Å². The lowest BCUT2D eigenvalue weighted by atomic mass is 10.3. The standard InChI is InChI=1S/C10H12N2S2.2ClH/c1-7-12-9(6-13-7)10-3-2-8(14-10)4-5-11;;/h2-3,6H,4-5,11H2,1H3;2*1H. The summed E-state index contributed by atoms with van der Waals surface area (Å²) in [6, 6.07) is 4.27. The van der Waals surface area contributed by atoms with Gasteiger partial charge in [-0.25, -0.2) is 4.98 Å². The third-order valence-corrected chi connectivity index (χ3v) is 3.86. The van der Waals surface area contributed by atoms with Gasteiger partial charge in [-0.05, 0) is 32.0 Å². The maximum absolute atomic E-state index is 5.51. The van der Waals surface area contributed by atoms with Gasteiger partial charge in [0.05, 0.1) is 15.6 Å². The summed E-state index contributed by atoms with van der Waals surface area (Å²) < 4.78 is 0. The number of nitrogens with zero attached hydrogens (tertiary/aromatic N) is 1. The number of hydrogen-bond acceptors (Lipinski definition) is 4. The van der Waals surface area contributed by atoms with Crippen LogP contribution in [0.3, 0.4) is 0 Å². The number of hydrogen-bond donors (Lipinski definition) is 1. The summed E-state index contributed by atoms with van der Waals surface area (Å²) in [4.78, 5) is 7.04. The predicted molar refractivity (Wildman–Crippen MR) is 77.4 cm³/mol. The van der Waals surface area contributed by atoms with Crippen LogP contribution in [0.2, 0.25) is 0 Å². The number of halogens is 2. The highest BCUT2D eigenvalue weighted by molar-refractivity contribution is 7.16. The first kappa shape index (κ1) is 15.9. The van der Waals surface area contributed by atoms with Crippen molar-refractivity contribution in [3.05, 3.63) is 27.4 Å². The molecule has 90 valence electrons. The van der Waals surface area contributed by atoms with E-state index in [0.717, 1.165) is 23.7 Å². The first-order chi connectivity index (χ1) is 6.79. The molecule has 2 nitrogen and oxygen atoms in total. The Bertz CT molecular complexity index is 426. The molecule has 0 radical (unpaired) electrons. The van der Waals surface area contributed by atoms with Crippen LogP contribution in [0, 0.1) is 6.92 Å². The van der Waals surface area contributed by atoms with Gasteiger partial charge in [0.1, 0.15) is 0 Å². The maximum Gasteiger partial charge on any atom is 0.0914 e. The van der Waals surface area contributed by atoms with Gasteiger partial charge in [-0.1, -0.05) is 0 Å². The van der Waals surface area contributed by atoms with E-state index < -0.39 is 0 Å². The van der Waals surface area contributed by atoms with Gasteiger partial charge < -0.3 is 5.73 Å². The molecule has 0 aliphatic rings. The molecule has 0 atom stereocenters. The van der Waals surface area contributed by atoms with E-state index in [1.165, 1.54) is 9.75 Å². The van der Waals surface area contributed by atoms with Crippen molar-refractivity contribution in [2.75, 3.05) is 6.54 Å². The molecule has 0 saturated carbocycles. The molecule has 2 heterocycles. The third-order valence-electron chi connectivity index (χ3n) is 1.92. The first-order valence-electron chi connectivity index (χ1n) is 4.51. The van der Waals surface area contributed by atoms with Crippen LogP contribution in [0.5, 0.6) is 0 Å². The summed E-state index contributed by atoms with van der Waals surface area (Å²) in [6.07, 6.45) is 0.966.